The van der Waals surface area contributed by atoms with Gasteiger partial charge in [-0.15, -0.1) is 0 Å². The summed E-state index contributed by atoms with van der Waals surface area (Å²) in [6, 6.07) is 25.1. The average molecular weight is 358 g/mol. The number of hydrogen-bond donors (Lipinski definition) is 0. The fraction of sp³-hybridized carbons (Fsp3) is 0.208. The number of carbonyl (C=O) groups excluding carboxylic acids is 1. The summed E-state index contributed by atoms with van der Waals surface area (Å²) in [6.07, 6.45) is 0.908. The van der Waals surface area contributed by atoms with E-state index < -0.39 is 0 Å². The van der Waals surface area contributed by atoms with E-state index in [0.29, 0.717) is 5.56 Å². The van der Waals surface area contributed by atoms with Gasteiger partial charge in [0.2, 0.25) is 0 Å². The van der Waals surface area contributed by atoms with Crippen LogP contribution in [-0.2, 0) is 0 Å². The predicted octanol–water partition coefficient (Wildman–Crippen LogP) is 4.81. The van der Waals surface area contributed by atoms with Gasteiger partial charge in [0.15, 0.2) is 0 Å². The number of nitrogens with zero attached hydrogens (tertiary/aromatic N) is 2. The number of carbonyl (C=O) groups is 1. The molecule has 0 aliphatic carbocycles. The zero-order chi connectivity index (χ0) is 19.4. The second kappa shape index (κ2) is 8.09. The van der Waals surface area contributed by atoms with Crippen molar-refractivity contribution in [1.29, 1.82) is 0 Å². The first-order chi connectivity index (χ1) is 13.0. The maximum atomic E-state index is 11.3. The third-order valence-corrected chi connectivity index (χ3v) is 4.87. The lowest BCUT2D eigenvalue weighted by molar-refractivity contribution is 0.112. The summed E-state index contributed by atoms with van der Waals surface area (Å²) in [4.78, 5) is 15.5. The summed E-state index contributed by atoms with van der Waals surface area (Å²) in [5.74, 6) is 0.0809. The summed E-state index contributed by atoms with van der Waals surface area (Å²) in [5.41, 5.74) is 6.58. The molecule has 3 rings (SSSR count). The molecule has 3 nitrogen and oxygen atoms in total. The van der Waals surface area contributed by atoms with Crippen molar-refractivity contribution in [1.82, 2.24) is 0 Å². The van der Waals surface area contributed by atoms with Crippen molar-refractivity contribution in [3.8, 4) is 0 Å². The Morgan fingerprint density at radius 1 is 0.667 bits per heavy atom. The highest BCUT2D eigenvalue weighted by Crippen LogP contribution is 2.34. The Bertz CT molecular complexity index is 845. The molecule has 0 aliphatic heterocycles. The molecule has 0 N–H and O–H groups in total. The highest BCUT2D eigenvalue weighted by molar-refractivity contribution is 5.75. The first kappa shape index (κ1) is 18.7. The van der Waals surface area contributed by atoms with Crippen LogP contribution in [-0.4, -0.2) is 34.5 Å². The first-order valence-electron chi connectivity index (χ1n) is 9.09. The molecule has 0 amide bonds. The van der Waals surface area contributed by atoms with E-state index in [2.05, 4.69) is 64.4 Å². The topological polar surface area (TPSA) is 23.6 Å². The molecular formula is C24H26N2O. The highest BCUT2D eigenvalue weighted by Gasteiger charge is 2.17. The van der Waals surface area contributed by atoms with E-state index in [1.54, 1.807) is 0 Å². The Kier molecular flexibility index (Phi) is 5.60. The minimum Gasteiger partial charge on any atom is -0.378 e. The van der Waals surface area contributed by atoms with Crippen LogP contribution in [0.25, 0.3) is 0 Å². The van der Waals surface area contributed by atoms with Crippen molar-refractivity contribution in [2.45, 2.75) is 5.92 Å². The van der Waals surface area contributed by atoms with Crippen LogP contribution in [0.4, 0.5) is 11.4 Å². The smallest absolute Gasteiger partial charge is 0.150 e. The Labute approximate surface area is 161 Å². The lowest BCUT2D eigenvalue weighted by Gasteiger charge is -2.22. The molecule has 0 unspecified atom stereocenters. The Morgan fingerprint density at radius 2 is 1.15 bits per heavy atom. The zero-order valence-electron chi connectivity index (χ0n) is 16.4. The van der Waals surface area contributed by atoms with Crippen molar-refractivity contribution < 1.29 is 4.79 Å². The van der Waals surface area contributed by atoms with Gasteiger partial charge in [0, 0.05) is 51.0 Å². The van der Waals surface area contributed by atoms with Gasteiger partial charge in [-0.05, 0) is 47.0 Å². The van der Waals surface area contributed by atoms with Crippen molar-refractivity contribution >= 4 is 17.7 Å². The molecule has 0 saturated carbocycles. The monoisotopic (exact) mass is 358 g/mol. The molecule has 27 heavy (non-hydrogen) atoms. The van der Waals surface area contributed by atoms with Crippen molar-refractivity contribution in [2.24, 2.45) is 0 Å². The number of aldehydes is 1. The quantitative estimate of drug-likeness (QED) is 0.467. The third-order valence-electron chi connectivity index (χ3n) is 4.87. The average Bonchev–Trinajstić information content (AvgIpc) is 2.69. The van der Waals surface area contributed by atoms with E-state index in [4.69, 9.17) is 0 Å². The van der Waals surface area contributed by atoms with Crippen LogP contribution in [0.2, 0.25) is 0 Å². The summed E-state index contributed by atoms with van der Waals surface area (Å²) < 4.78 is 0. The maximum absolute atomic E-state index is 11.3. The lowest BCUT2D eigenvalue weighted by Crippen LogP contribution is -2.10. The number of benzene rings is 3. The van der Waals surface area contributed by atoms with Crippen LogP contribution in [0, 0.1) is 0 Å². The number of anilines is 2. The predicted molar refractivity (Wildman–Crippen MR) is 114 cm³/mol. The van der Waals surface area contributed by atoms with Gasteiger partial charge in [-0.1, -0.05) is 42.5 Å². The van der Waals surface area contributed by atoms with Gasteiger partial charge in [-0.25, -0.2) is 0 Å². The van der Waals surface area contributed by atoms with Crippen molar-refractivity contribution in [3.05, 3.63) is 95.1 Å². The first-order valence-corrected chi connectivity index (χ1v) is 9.09. The number of rotatable bonds is 6. The Balaban J connectivity index is 2.09. The van der Waals surface area contributed by atoms with E-state index in [9.17, 15) is 4.79 Å². The molecule has 0 spiro atoms. The molecule has 0 aromatic heterocycles. The van der Waals surface area contributed by atoms with E-state index in [1.807, 2.05) is 46.4 Å². The van der Waals surface area contributed by atoms with Gasteiger partial charge < -0.3 is 9.80 Å². The standard InChI is InChI=1S/C24H26N2O/c1-25(2)22-12-8-19(9-13-22)24(21-7-5-6-18(16-21)17-27)20-10-14-23(15-11-20)26(3)4/h5-17,24H,1-4H3. The van der Waals surface area contributed by atoms with E-state index in [0.717, 1.165) is 11.8 Å². The second-order valence-corrected chi connectivity index (χ2v) is 7.19. The minimum absolute atomic E-state index is 0.0809. The molecule has 0 radical (unpaired) electrons. The van der Waals surface area contributed by atoms with Crippen LogP contribution >= 0.6 is 0 Å². The molecule has 0 fully saturated rings. The molecule has 0 heterocycles. The van der Waals surface area contributed by atoms with Gasteiger partial charge >= 0.3 is 0 Å². The fourth-order valence-corrected chi connectivity index (χ4v) is 3.32. The third kappa shape index (κ3) is 4.20. The Hall–Kier alpha value is -3.07. The van der Waals surface area contributed by atoms with E-state index in [-0.39, 0.29) is 5.92 Å². The molecule has 3 heteroatoms. The molecule has 0 atom stereocenters. The minimum atomic E-state index is 0.0809. The second-order valence-electron chi connectivity index (χ2n) is 7.19. The van der Waals surface area contributed by atoms with E-state index in [1.165, 1.54) is 22.5 Å². The van der Waals surface area contributed by atoms with Crippen LogP contribution < -0.4 is 9.80 Å². The van der Waals surface area contributed by atoms with Gasteiger partial charge in [0.1, 0.15) is 6.29 Å². The van der Waals surface area contributed by atoms with Gasteiger partial charge in [0.25, 0.3) is 0 Å². The van der Waals surface area contributed by atoms with Gasteiger partial charge in [0.05, 0.1) is 0 Å². The molecule has 3 aromatic rings. The summed E-state index contributed by atoms with van der Waals surface area (Å²) in [7, 11) is 8.17. The molecule has 0 saturated heterocycles. The molecule has 0 bridgehead atoms. The maximum Gasteiger partial charge on any atom is 0.150 e. The summed E-state index contributed by atoms with van der Waals surface area (Å²) in [5, 5.41) is 0. The largest absolute Gasteiger partial charge is 0.378 e. The molecular weight excluding hydrogens is 332 g/mol. The molecule has 3 aromatic carbocycles. The van der Waals surface area contributed by atoms with Crippen LogP contribution in [0.5, 0.6) is 0 Å². The summed E-state index contributed by atoms with van der Waals surface area (Å²) in [6.45, 7) is 0. The van der Waals surface area contributed by atoms with Gasteiger partial charge in [-0.2, -0.15) is 0 Å². The SMILES string of the molecule is CN(C)c1ccc(C(c2ccc(N(C)C)cc2)c2cccc(C=O)c2)cc1. The van der Waals surface area contributed by atoms with Crippen molar-refractivity contribution in [3.63, 3.8) is 0 Å². The normalized spacial score (nSPS) is 10.7. The summed E-state index contributed by atoms with van der Waals surface area (Å²) >= 11 is 0. The van der Waals surface area contributed by atoms with E-state index >= 15 is 0 Å². The van der Waals surface area contributed by atoms with Crippen LogP contribution in [0.15, 0.2) is 72.8 Å². The van der Waals surface area contributed by atoms with Crippen molar-refractivity contribution in [2.75, 3.05) is 38.0 Å². The lowest BCUT2D eigenvalue weighted by atomic mass is 9.84. The molecule has 138 valence electrons. The number of hydrogen-bond acceptors (Lipinski definition) is 3. The Morgan fingerprint density at radius 3 is 1.56 bits per heavy atom. The van der Waals surface area contributed by atoms with Crippen LogP contribution in [0.3, 0.4) is 0 Å². The fourth-order valence-electron chi connectivity index (χ4n) is 3.32. The van der Waals surface area contributed by atoms with Crippen LogP contribution in [0.1, 0.15) is 33.0 Å². The zero-order valence-corrected chi connectivity index (χ0v) is 16.4. The highest BCUT2D eigenvalue weighted by atomic mass is 16.1. The van der Waals surface area contributed by atoms with Gasteiger partial charge in [-0.3, -0.25) is 4.79 Å². The molecule has 0 aliphatic rings.